The van der Waals surface area contributed by atoms with Crippen molar-refractivity contribution < 1.29 is 9.18 Å². The molecule has 2 aromatic carbocycles. The second-order valence-electron chi connectivity index (χ2n) is 7.55. The Hall–Kier alpha value is -2.67. The van der Waals surface area contributed by atoms with E-state index in [-0.39, 0.29) is 23.5 Å². The van der Waals surface area contributed by atoms with E-state index < -0.39 is 0 Å². The third-order valence-corrected chi connectivity index (χ3v) is 6.28. The average Bonchev–Trinajstić information content (AvgIpc) is 3.16. The minimum absolute atomic E-state index is 0.00797. The second kappa shape index (κ2) is 9.89. The fourth-order valence-electron chi connectivity index (χ4n) is 3.79. The van der Waals surface area contributed by atoms with E-state index >= 15 is 0 Å². The number of carbonyl (C=O) groups excluding carboxylic acids is 1. The highest BCUT2D eigenvalue weighted by atomic mass is 32.2. The van der Waals surface area contributed by atoms with Gasteiger partial charge in [-0.25, -0.2) is 4.39 Å². The first kappa shape index (κ1) is 20.6. The van der Waals surface area contributed by atoms with Gasteiger partial charge < -0.3 is 5.32 Å². The lowest BCUT2D eigenvalue weighted by Crippen LogP contribution is -2.37. The summed E-state index contributed by atoms with van der Waals surface area (Å²) >= 11 is 1.34. The van der Waals surface area contributed by atoms with Gasteiger partial charge in [0.2, 0.25) is 5.91 Å². The van der Waals surface area contributed by atoms with Crippen LogP contribution in [0.5, 0.6) is 0 Å². The number of nitrogens with one attached hydrogen (secondary N) is 1. The summed E-state index contributed by atoms with van der Waals surface area (Å²) in [6, 6.07) is 16.7. The maximum absolute atomic E-state index is 14.4. The predicted octanol–water partition coefficient (Wildman–Crippen LogP) is 4.67. The smallest absolute Gasteiger partial charge is 0.230 e. The summed E-state index contributed by atoms with van der Waals surface area (Å²) in [6.07, 6.45) is 5.71. The Labute approximate surface area is 180 Å². The summed E-state index contributed by atoms with van der Waals surface area (Å²) in [6.45, 7) is 0.504. The molecule has 1 heterocycles. The van der Waals surface area contributed by atoms with Crippen molar-refractivity contribution in [2.24, 2.45) is 0 Å². The van der Waals surface area contributed by atoms with Gasteiger partial charge in [0, 0.05) is 6.04 Å². The largest absolute Gasteiger partial charge is 0.353 e. The van der Waals surface area contributed by atoms with Crippen molar-refractivity contribution in [2.75, 3.05) is 5.75 Å². The van der Waals surface area contributed by atoms with Gasteiger partial charge in [-0.05, 0) is 30.5 Å². The molecule has 1 saturated carbocycles. The zero-order valence-electron chi connectivity index (χ0n) is 16.8. The van der Waals surface area contributed by atoms with Crippen molar-refractivity contribution in [3.05, 3.63) is 66.0 Å². The lowest BCUT2D eigenvalue weighted by Gasteiger charge is -2.22. The first-order chi connectivity index (χ1) is 14.7. The monoisotopic (exact) mass is 424 g/mol. The van der Waals surface area contributed by atoms with Crippen LogP contribution in [-0.2, 0) is 11.3 Å². The molecule has 1 fully saturated rings. The van der Waals surface area contributed by atoms with Gasteiger partial charge in [0.05, 0.1) is 17.9 Å². The predicted molar refractivity (Wildman–Crippen MR) is 117 cm³/mol. The molecule has 7 heteroatoms. The normalized spacial score (nSPS) is 14.6. The van der Waals surface area contributed by atoms with Crippen molar-refractivity contribution in [2.45, 2.75) is 49.8 Å². The van der Waals surface area contributed by atoms with Crippen LogP contribution < -0.4 is 5.32 Å². The number of hydrogen-bond acceptors (Lipinski definition) is 4. The Morgan fingerprint density at radius 1 is 1.03 bits per heavy atom. The number of rotatable bonds is 7. The quantitative estimate of drug-likeness (QED) is 0.560. The van der Waals surface area contributed by atoms with Crippen molar-refractivity contribution in [1.82, 2.24) is 20.1 Å². The van der Waals surface area contributed by atoms with E-state index in [4.69, 9.17) is 0 Å². The number of benzene rings is 2. The lowest BCUT2D eigenvalue weighted by atomic mass is 9.95. The molecule has 0 atom stereocenters. The topological polar surface area (TPSA) is 59.8 Å². The van der Waals surface area contributed by atoms with Crippen molar-refractivity contribution in [3.63, 3.8) is 0 Å². The molecule has 1 amide bonds. The highest BCUT2D eigenvalue weighted by Gasteiger charge is 2.20. The van der Waals surface area contributed by atoms with Crippen LogP contribution in [0.25, 0.3) is 11.4 Å². The molecule has 1 aliphatic carbocycles. The van der Waals surface area contributed by atoms with Gasteiger partial charge in [0.15, 0.2) is 11.0 Å². The summed E-state index contributed by atoms with van der Waals surface area (Å²) in [5, 5.41) is 12.3. The Kier molecular flexibility index (Phi) is 6.79. The first-order valence-corrected chi connectivity index (χ1v) is 11.3. The highest BCUT2D eigenvalue weighted by Crippen LogP contribution is 2.27. The van der Waals surface area contributed by atoms with Crippen LogP contribution in [0.3, 0.4) is 0 Å². The van der Waals surface area contributed by atoms with Crippen LogP contribution in [0.2, 0.25) is 0 Å². The van der Waals surface area contributed by atoms with Crippen LogP contribution in [0.15, 0.2) is 59.8 Å². The van der Waals surface area contributed by atoms with E-state index in [0.29, 0.717) is 23.1 Å². The van der Waals surface area contributed by atoms with Crippen molar-refractivity contribution in [3.8, 4) is 11.4 Å². The van der Waals surface area contributed by atoms with Gasteiger partial charge in [-0.3, -0.25) is 9.36 Å². The van der Waals surface area contributed by atoms with E-state index in [1.807, 2.05) is 34.9 Å². The van der Waals surface area contributed by atoms with Crippen molar-refractivity contribution in [1.29, 1.82) is 0 Å². The molecule has 0 aliphatic heterocycles. The van der Waals surface area contributed by atoms with Crippen LogP contribution in [0, 0.1) is 5.82 Å². The number of thioether (sulfide) groups is 1. The van der Waals surface area contributed by atoms with E-state index in [0.717, 1.165) is 18.4 Å². The average molecular weight is 425 g/mol. The number of aromatic nitrogens is 3. The Morgan fingerprint density at radius 3 is 2.53 bits per heavy atom. The zero-order chi connectivity index (χ0) is 20.8. The highest BCUT2D eigenvalue weighted by molar-refractivity contribution is 7.99. The second-order valence-corrected chi connectivity index (χ2v) is 8.49. The molecule has 0 saturated heterocycles. The molecule has 5 nitrogen and oxygen atoms in total. The molecule has 0 bridgehead atoms. The number of hydrogen-bond donors (Lipinski definition) is 1. The van der Waals surface area contributed by atoms with Crippen molar-refractivity contribution >= 4 is 17.7 Å². The molecule has 1 aromatic heterocycles. The fourth-order valence-corrected chi connectivity index (χ4v) is 4.54. The number of halogens is 1. The molecule has 1 N–H and O–H groups in total. The van der Waals surface area contributed by atoms with Crippen LogP contribution in [0.1, 0.15) is 37.7 Å². The standard InChI is InChI=1S/C23H25FN4OS/c24-20-14-8-7-13-19(20)22-26-27-23(28(22)15-17-9-3-1-4-10-17)30-16-21(29)25-18-11-5-2-6-12-18/h1,3-4,7-10,13-14,18H,2,5-6,11-12,15-16H2,(H,25,29). The number of amides is 1. The minimum Gasteiger partial charge on any atom is -0.353 e. The molecule has 4 rings (SSSR count). The van der Waals surface area contributed by atoms with Crippen LogP contribution in [0.4, 0.5) is 4.39 Å². The summed E-state index contributed by atoms with van der Waals surface area (Å²) in [5.41, 5.74) is 1.46. The minimum atomic E-state index is -0.342. The molecule has 0 spiro atoms. The molecule has 0 radical (unpaired) electrons. The van der Waals surface area contributed by atoms with Gasteiger partial charge in [-0.1, -0.05) is 73.5 Å². The van der Waals surface area contributed by atoms with Gasteiger partial charge in [-0.2, -0.15) is 0 Å². The maximum Gasteiger partial charge on any atom is 0.230 e. The Bertz CT molecular complexity index is 986. The third-order valence-electron chi connectivity index (χ3n) is 5.32. The van der Waals surface area contributed by atoms with Gasteiger partial charge in [-0.15, -0.1) is 10.2 Å². The van der Waals surface area contributed by atoms with E-state index in [1.54, 1.807) is 18.2 Å². The summed E-state index contributed by atoms with van der Waals surface area (Å²) in [5.74, 6) is 0.396. The molecular formula is C23H25FN4OS. The summed E-state index contributed by atoms with van der Waals surface area (Å²) in [4.78, 5) is 12.4. The van der Waals surface area contributed by atoms with E-state index in [2.05, 4.69) is 15.5 Å². The summed E-state index contributed by atoms with van der Waals surface area (Å²) in [7, 11) is 0. The molecule has 30 heavy (non-hydrogen) atoms. The third kappa shape index (κ3) is 5.08. The molecule has 1 aliphatic rings. The first-order valence-electron chi connectivity index (χ1n) is 10.3. The van der Waals surface area contributed by atoms with E-state index in [9.17, 15) is 9.18 Å². The Morgan fingerprint density at radius 2 is 1.77 bits per heavy atom. The number of nitrogens with zero attached hydrogens (tertiary/aromatic N) is 3. The zero-order valence-corrected chi connectivity index (χ0v) is 17.6. The number of carbonyl (C=O) groups is 1. The van der Waals surface area contributed by atoms with Gasteiger partial charge >= 0.3 is 0 Å². The summed E-state index contributed by atoms with van der Waals surface area (Å²) < 4.78 is 16.3. The lowest BCUT2D eigenvalue weighted by molar-refractivity contribution is -0.119. The van der Waals surface area contributed by atoms with Crippen LogP contribution >= 0.6 is 11.8 Å². The van der Waals surface area contributed by atoms with Gasteiger partial charge in [0.1, 0.15) is 5.82 Å². The molecular weight excluding hydrogens is 399 g/mol. The molecule has 3 aromatic rings. The maximum atomic E-state index is 14.4. The fraction of sp³-hybridized carbons (Fsp3) is 0.348. The Balaban J connectivity index is 1.53. The van der Waals surface area contributed by atoms with Gasteiger partial charge in [0.25, 0.3) is 0 Å². The molecule has 156 valence electrons. The van der Waals surface area contributed by atoms with E-state index in [1.165, 1.54) is 37.1 Å². The van der Waals surface area contributed by atoms with Crippen LogP contribution in [-0.4, -0.2) is 32.5 Å². The molecule has 0 unspecified atom stereocenters. The SMILES string of the molecule is O=C(CSc1nnc(-c2ccccc2F)n1Cc1ccccc1)NC1CCCCC1.